The summed E-state index contributed by atoms with van der Waals surface area (Å²) in [5.74, 6) is 0. The van der Waals surface area contributed by atoms with Crippen molar-refractivity contribution >= 4 is 12.2 Å². The van der Waals surface area contributed by atoms with Crippen molar-refractivity contribution in [1.82, 2.24) is 5.32 Å². The van der Waals surface area contributed by atoms with Crippen LogP contribution in [0, 0.1) is 5.41 Å². The molecule has 0 saturated carbocycles. The molecule has 0 spiro atoms. The predicted molar refractivity (Wildman–Crippen MR) is 68.2 cm³/mol. The highest BCUT2D eigenvalue weighted by atomic mass is 16.6. The van der Waals surface area contributed by atoms with E-state index in [1.165, 1.54) is 6.92 Å². The first-order valence-corrected chi connectivity index (χ1v) is 5.77. The number of alkyl carbamates (subject to hydrolysis) is 1. The van der Waals surface area contributed by atoms with Crippen LogP contribution >= 0.6 is 0 Å². The van der Waals surface area contributed by atoms with Crippen molar-refractivity contribution < 1.29 is 24.5 Å². The van der Waals surface area contributed by atoms with Gasteiger partial charge in [-0.2, -0.15) is 0 Å². The maximum atomic E-state index is 11.6. The van der Waals surface area contributed by atoms with Gasteiger partial charge >= 0.3 is 12.2 Å². The monoisotopic (exact) mass is 264 g/mol. The lowest BCUT2D eigenvalue weighted by molar-refractivity contribution is 0.0333. The Bertz CT molecular complexity index is 418. The Morgan fingerprint density at radius 2 is 1.94 bits per heavy atom. The van der Waals surface area contributed by atoms with E-state index in [4.69, 9.17) is 16.0 Å². The summed E-state index contributed by atoms with van der Waals surface area (Å²) in [6, 6.07) is -0.278. The van der Waals surface area contributed by atoms with Gasteiger partial charge < -0.3 is 20.5 Å². The Morgan fingerprint density at radius 3 is 2.39 bits per heavy atom. The number of carbonyl (C=O) groups is 2. The number of amides is 2. The summed E-state index contributed by atoms with van der Waals surface area (Å²) in [6.07, 6.45) is -2.09. The fourth-order valence-corrected chi connectivity index (χ4v) is 1.21. The molecule has 3 N–H and O–H groups in total. The second kappa shape index (κ2) is 7.79. The maximum absolute atomic E-state index is 11.6. The lowest BCUT2D eigenvalue weighted by Gasteiger charge is -2.27. The topological polar surface area (TPSA) is 90.7 Å². The van der Waals surface area contributed by atoms with Crippen LogP contribution in [0.3, 0.4) is 0 Å². The Kier molecular flexibility index (Phi) is 4.53. The van der Waals surface area contributed by atoms with Crippen molar-refractivity contribution in [3.05, 3.63) is 0 Å². The van der Waals surface area contributed by atoms with Crippen LogP contribution in [-0.4, -0.2) is 31.3 Å². The molecule has 0 aromatic rings. The highest BCUT2D eigenvalue weighted by Gasteiger charge is 2.27. The van der Waals surface area contributed by atoms with E-state index >= 15 is 0 Å². The van der Waals surface area contributed by atoms with Gasteiger partial charge in [-0.15, -0.1) is 0 Å². The molecule has 0 saturated heterocycles. The largest absolute Gasteiger partial charge is 0.449 e. The molecule has 6 nitrogen and oxygen atoms in total. The average molecular weight is 264 g/mol. The highest BCUT2D eigenvalue weighted by molar-refractivity contribution is 5.67. The first kappa shape index (κ1) is 10.5. The van der Waals surface area contributed by atoms with Crippen molar-refractivity contribution in [3.8, 4) is 0 Å². The molecule has 1 unspecified atom stereocenters. The van der Waals surface area contributed by atoms with Crippen LogP contribution < -0.4 is 11.1 Å². The maximum Gasteiger partial charge on any atom is 0.407 e. The van der Waals surface area contributed by atoms with Crippen molar-refractivity contribution in [2.24, 2.45) is 11.1 Å². The van der Waals surface area contributed by atoms with Crippen LogP contribution in [0.5, 0.6) is 0 Å². The molecule has 0 aliphatic carbocycles. The minimum Gasteiger partial charge on any atom is -0.449 e. The van der Waals surface area contributed by atoms with E-state index in [-0.39, 0.29) is 12.5 Å². The van der Waals surface area contributed by atoms with E-state index in [0.29, 0.717) is 6.42 Å². The first-order chi connectivity index (χ1) is 9.79. The molecular formula is C12H24N2O4. The van der Waals surface area contributed by atoms with E-state index in [1.54, 1.807) is 20.8 Å². The SMILES string of the molecule is [2H]C([2H])(OC(N)=O)C(C)(CCC)C([2H])([2H])OC(=O)NC(C)C. The molecule has 0 aliphatic heterocycles. The number of primary amides is 1. The van der Waals surface area contributed by atoms with Gasteiger partial charge in [-0.1, -0.05) is 20.3 Å². The standard InChI is InChI=1S/C12H24N2O4/c1-5-6-12(4,7-17-10(13)15)8-18-11(16)14-9(2)3/h9H,5-8H2,1-4H3,(H2,13,15)(H,14,16)/i7D2,8D2. The second-order valence-electron chi connectivity index (χ2n) is 4.40. The number of hydrogen-bond acceptors (Lipinski definition) is 4. The van der Waals surface area contributed by atoms with Crippen LogP contribution in [0.15, 0.2) is 0 Å². The van der Waals surface area contributed by atoms with Crippen LogP contribution in [-0.2, 0) is 9.47 Å². The molecule has 1 atom stereocenters. The van der Waals surface area contributed by atoms with Gasteiger partial charge in [-0.05, 0) is 20.3 Å². The molecule has 106 valence electrons. The van der Waals surface area contributed by atoms with Gasteiger partial charge in [0.15, 0.2) is 0 Å². The van der Waals surface area contributed by atoms with Crippen molar-refractivity contribution in [3.63, 3.8) is 0 Å². The first-order valence-electron chi connectivity index (χ1n) is 7.77. The summed E-state index contributed by atoms with van der Waals surface area (Å²) < 4.78 is 40.8. The van der Waals surface area contributed by atoms with E-state index in [1.807, 2.05) is 0 Å². The molecule has 18 heavy (non-hydrogen) atoms. The molecule has 0 aromatic carbocycles. The molecule has 2 amide bonds. The average Bonchev–Trinajstić information content (AvgIpc) is 2.24. The zero-order chi connectivity index (χ0) is 17.8. The second-order valence-corrected chi connectivity index (χ2v) is 4.40. The number of hydrogen-bond donors (Lipinski definition) is 2. The van der Waals surface area contributed by atoms with Gasteiger partial charge in [0.1, 0.15) is 13.1 Å². The fraction of sp³-hybridized carbons (Fsp3) is 0.833. The quantitative estimate of drug-likeness (QED) is 0.736. The lowest BCUT2D eigenvalue weighted by Crippen LogP contribution is -2.37. The van der Waals surface area contributed by atoms with Gasteiger partial charge in [0.25, 0.3) is 0 Å². The Labute approximate surface area is 114 Å². The summed E-state index contributed by atoms with van der Waals surface area (Å²) in [5, 5.41) is 2.35. The summed E-state index contributed by atoms with van der Waals surface area (Å²) in [4.78, 5) is 22.5. The number of rotatable bonds is 7. The van der Waals surface area contributed by atoms with Gasteiger partial charge in [0, 0.05) is 11.5 Å². The molecule has 0 bridgehead atoms. The third kappa shape index (κ3) is 7.76. The van der Waals surface area contributed by atoms with Crippen molar-refractivity contribution in [2.45, 2.75) is 46.6 Å². The smallest absolute Gasteiger partial charge is 0.407 e. The van der Waals surface area contributed by atoms with Crippen LogP contribution in [0.1, 0.15) is 46.0 Å². The Balaban J connectivity index is 5.50. The van der Waals surface area contributed by atoms with Crippen molar-refractivity contribution in [2.75, 3.05) is 13.1 Å². The normalized spacial score (nSPS) is 18.7. The fourth-order valence-electron chi connectivity index (χ4n) is 1.21. The minimum atomic E-state index is -2.77. The predicted octanol–water partition coefficient (Wildman–Crippen LogP) is 2.02. The minimum absolute atomic E-state index is 0.0464. The summed E-state index contributed by atoms with van der Waals surface area (Å²) in [7, 11) is 0. The van der Waals surface area contributed by atoms with E-state index in [0.717, 1.165) is 0 Å². The summed E-state index contributed by atoms with van der Waals surface area (Å²) in [6.45, 7) is 0.720. The molecule has 0 rings (SSSR count). The molecule has 0 aliphatic rings. The number of carbonyl (C=O) groups excluding carboxylic acids is 2. The molecule has 0 heterocycles. The molecule has 0 fully saturated rings. The summed E-state index contributed by atoms with van der Waals surface area (Å²) >= 11 is 0. The van der Waals surface area contributed by atoms with Crippen LogP contribution in [0.2, 0.25) is 0 Å². The van der Waals surface area contributed by atoms with Crippen LogP contribution in [0.25, 0.3) is 0 Å². The zero-order valence-corrected chi connectivity index (χ0v) is 11.2. The highest BCUT2D eigenvalue weighted by Crippen LogP contribution is 2.24. The van der Waals surface area contributed by atoms with E-state index in [9.17, 15) is 9.59 Å². The number of nitrogens with one attached hydrogen (secondary N) is 1. The Morgan fingerprint density at radius 1 is 1.39 bits per heavy atom. The summed E-state index contributed by atoms with van der Waals surface area (Å²) in [5.41, 5.74) is 2.89. The van der Waals surface area contributed by atoms with Gasteiger partial charge in [-0.25, -0.2) is 9.59 Å². The van der Waals surface area contributed by atoms with Crippen LogP contribution in [0.4, 0.5) is 9.59 Å². The van der Waals surface area contributed by atoms with E-state index < -0.39 is 30.7 Å². The molecular weight excluding hydrogens is 236 g/mol. The van der Waals surface area contributed by atoms with Gasteiger partial charge in [0.2, 0.25) is 0 Å². The number of nitrogens with two attached hydrogens (primary N) is 1. The van der Waals surface area contributed by atoms with E-state index in [2.05, 4.69) is 10.1 Å². The van der Waals surface area contributed by atoms with Gasteiger partial charge in [-0.3, -0.25) is 0 Å². The van der Waals surface area contributed by atoms with Crippen molar-refractivity contribution in [1.29, 1.82) is 0 Å². The zero-order valence-electron chi connectivity index (χ0n) is 15.2. The third-order valence-electron chi connectivity index (χ3n) is 1.90. The molecule has 0 aromatic heterocycles. The Hall–Kier alpha value is -1.46. The molecule has 6 heteroatoms. The van der Waals surface area contributed by atoms with Gasteiger partial charge in [0.05, 0.1) is 5.48 Å². The number of ether oxygens (including phenoxy) is 2. The molecule has 0 radical (unpaired) electrons. The third-order valence-corrected chi connectivity index (χ3v) is 1.90. The lowest BCUT2D eigenvalue weighted by atomic mass is 9.87.